The molecule has 20 heavy (non-hydrogen) atoms. The fraction of sp³-hybridized carbons (Fsp3) is 0. The number of anilines is 1. The summed E-state index contributed by atoms with van der Waals surface area (Å²) in [5.41, 5.74) is 1.63. The van der Waals surface area contributed by atoms with Crippen molar-refractivity contribution < 1.29 is 9.18 Å². The van der Waals surface area contributed by atoms with E-state index in [1.807, 2.05) is 0 Å². The molecule has 1 N–H and O–H groups in total. The van der Waals surface area contributed by atoms with E-state index in [9.17, 15) is 9.18 Å². The summed E-state index contributed by atoms with van der Waals surface area (Å²) in [6, 6.07) is 6.49. The number of halogens is 3. The Labute approximate surface area is 127 Å². The van der Waals surface area contributed by atoms with Crippen LogP contribution in [0.4, 0.5) is 10.1 Å². The van der Waals surface area contributed by atoms with Crippen molar-refractivity contribution in [2.24, 2.45) is 0 Å². The highest BCUT2D eigenvalue weighted by Crippen LogP contribution is 2.33. The van der Waals surface area contributed by atoms with E-state index in [0.717, 1.165) is 0 Å². The highest BCUT2D eigenvalue weighted by atomic mass is 79.9. The van der Waals surface area contributed by atoms with E-state index in [-0.39, 0.29) is 5.91 Å². The number of carbonyl (C=O) groups is 1. The van der Waals surface area contributed by atoms with E-state index in [2.05, 4.69) is 26.2 Å². The number of rotatable bonds is 1. The average Bonchev–Trinajstić information content (AvgIpc) is 2.70. The van der Waals surface area contributed by atoms with Gasteiger partial charge in [-0.05, 0) is 34.1 Å². The number of carbonyl (C=O) groups excluding carboxylic acids is 1. The molecule has 0 spiro atoms. The van der Waals surface area contributed by atoms with E-state index in [1.54, 1.807) is 24.3 Å². The number of aromatic nitrogens is 1. The molecule has 0 bridgehead atoms. The predicted octanol–water partition coefficient (Wildman–Crippen LogP) is 4.13. The maximum atomic E-state index is 14.0. The van der Waals surface area contributed by atoms with Crippen LogP contribution in [0.5, 0.6) is 0 Å². The molecule has 1 amide bonds. The molecule has 0 radical (unpaired) electrons. The summed E-state index contributed by atoms with van der Waals surface area (Å²) in [5, 5.41) is 3.08. The van der Waals surface area contributed by atoms with Gasteiger partial charge in [-0.3, -0.25) is 9.78 Å². The fourth-order valence-electron chi connectivity index (χ4n) is 1.97. The number of amides is 1. The van der Waals surface area contributed by atoms with Gasteiger partial charge in [-0.1, -0.05) is 23.7 Å². The van der Waals surface area contributed by atoms with Gasteiger partial charge >= 0.3 is 0 Å². The summed E-state index contributed by atoms with van der Waals surface area (Å²) < 4.78 is 14.3. The molecule has 3 nitrogen and oxygen atoms in total. The number of benzene rings is 1. The summed E-state index contributed by atoms with van der Waals surface area (Å²) in [4.78, 5) is 16.1. The van der Waals surface area contributed by atoms with Crippen LogP contribution in [0, 0.1) is 5.82 Å². The van der Waals surface area contributed by atoms with Crippen LogP contribution in [0.15, 0.2) is 34.9 Å². The second kappa shape index (κ2) is 5.00. The van der Waals surface area contributed by atoms with E-state index in [0.29, 0.717) is 32.0 Å². The van der Waals surface area contributed by atoms with Crippen molar-refractivity contribution >= 4 is 50.8 Å². The van der Waals surface area contributed by atoms with Crippen LogP contribution in [-0.4, -0.2) is 10.9 Å². The Morgan fingerprint density at radius 2 is 2.20 bits per heavy atom. The molecule has 6 heteroatoms. The molecule has 0 aliphatic carbocycles. The van der Waals surface area contributed by atoms with Crippen LogP contribution in [0.3, 0.4) is 0 Å². The summed E-state index contributed by atoms with van der Waals surface area (Å²) in [5.74, 6) is -0.746. The molecule has 1 aromatic heterocycles. The molecule has 0 fully saturated rings. The van der Waals surface area contributed by atoms with Gasteiger partial charge in [0.25, 0.3) is 5.91 Å². The van der Waals surface area contributed by atoms with Gasteiger partial charge < -0.3 is 5.32 Å². The lowest BCUT2D eigenvalue weighted by molar-refractivity contribution is -0.110. The molecule has 1 aliphatic heterocycles. The van der Waals surface area contributed by atoms with Crippen molar-refractivity contribution in [3.05, 3.63) is 57.0 Å². The first-order valence-corrected chi connectivity index (χ1v) is 6.86. The number of fused-ring (bicyclic) bond motifs is 1. The lowest BCUT2D eigenvalue weighted by Crippen LogP contribution is -2.03. The largest absolute Gasteiger partial charge is 0.320 e. The minimum atomic E-state index is -0.421. The Balaban J connectivity index is 2.14. The molecule has 0 unspecified atom stereocenters. The standard InChI is InChI=1S/C14H7BrClFN2O/c15-10-3-1-2-7(12(10)17)4-9-13-11(19-14(9)20)5-8(16)6-18-13/h1-6H,(H,19,20). The van der Waals surface area contributed by atoms with Gasteiger partial charge in [0.15, 0.2) is 0 Å². The summed E-state index contributed by atoms with van der Waals surface area (Å²) in [6.07, 6.45) is 2.92. The quantitative estimate of drug-likeness (QED) is 0.783. The van der Waals surface area contributed by atoms with Crippen molar-refractivity contribution in [2.75, 3.05) is 5.32 Å². The average molecular weight is 354 g/mol. The van der Waals surface area contributed by atoms with Crippen LogP contribution >= 0.6 is 27.5 Å². The zero-order valence-corrected chi connectivity index (χ0v) is 12.3. The monoisotopic (exact) mass is 352 g/mol. The lowest BCUT2D eigenvalue weighted by Gasteiger charge is -2.01. The van der Waals surface area contributed by atoms with Crippen LogP contribution in [-0.2, 0) is 4.79 Å². The lowest BCUT2D eigenvalue weighted by atomic mass is 10.1. The molecule has 0 saturated carbocycles. The van der Waals surface area contributed by atoms with Crippen LogP contribution in [0.1, 0.15) is 11.3 Å². The molecule has 100 valence electrons. The normalized spacial score (nSPS) is 15.3. The van der Waals surface area contributed by atoms with Crippen LogP contribution < -0.4 is 5.32 Å². The Morgan fingerprint density at radius 3 is 3.00 bits per heavy atom. The zero-order chi connectivity index (χ0) is 14.3. The Kier molecular flexibility index (Phi) is 3.31. The summed E-state index contributed by atoms with van der Waals surface area (Å²) >= 11 is 8.94. The molecule has 0 saturated heterocycles. The number of hydrogen-bond donors (Lipinski definition) is 1. The summed E-state index contributed by atoms with van der Waals surface area (Å²) in [7, 11) is 0. The van der Waals surface area contributed by atoms with Gasteiger partial charge in [0.05, 0.1) is 26.4 Å². The molecule has 0 atom stereocenters. The number of nitrogens with zero attached hydrogens (tertiary/aromatic N) is 1. The predicted molar refractivity (Wildman–Crippen MR) is 79.8 cm³/mol. The molecular formula is C14H7BrClFN2O. The van der Waals surface area contributed by atoms with Crippen molar-refractivity contribution in [3.8, 4) is 0 Å². The van der Waals surface area contributed by atoms with Gasteiger partial charge in [0.2, 0.25) is 0 Å². The smallest absolute Gasteiger partial charge is 0.258 e. The third-order valence-corrected chi connectivity index (χ3v) is 3.70. The van der Waals surface area contributed by atoms with E-state index >= 15 is 0 Å². The molecule has 3 rings (SSSR count). The van der Waals surface area contributed by atoms with Crippen molar-refractivity contribution in [1.29, 1.82) is 0 Å². The van der Waals surface area contributed by atoms with Gasteiger partial charge in [-0.15, -0.1) is 0 Å². The molecule has 1 aromatic carbocycles. The molecule has 2 heterocycles. The first kappa shape index (κ1) is 13.3. The van der Waals surface area contributed by atoms with Gasteiger partial charge in [0.1, 0.15) is 5.82 Å². The number of nitrogens with one attached hydrogen (secondary N) is 1. The van der Waals surface area contributed by atoms with Crippen molar-refractivity contribution in [3.63, 3.8) is 0 Å². The Bertz CT molecular complexity index is 761. The van der Waals surface area contributed by atoms with Crippen LogP contribution in [0.25, 0.3) is 11.6 Å². The number of hydrogen-bond acceptors (Lipinski definition) is 2. The molecule has 2 aromatic rings. The van der Waals surface area contributed by atoms with E-state index in [1.165, 1.54) is 12.3 Å². The van der Waals surface area contributed by atoms with E-state index < -0.39 is 5.82 Å². The fourth-order valence-corrected chi connectivity index (χ4v) is 2.51. The second-order valence-corrected chi connectivity index (χ2v) is 5.50. The molecule has 1 aliphatic rings. The maximum Gasteiger partial charge on any atom is 0.258 e. The third-order valence-electron chi connectivity index (χ3n) is 2.88. The maximum absolute atomic E-state index is 14.0. The highest BCUT2D eigenvalue weighted by molar-refractivity contribution is 9.10. The zero-order valence-electron chi connectivity index (χ0n) is 9.95. The van der Waals surface area contributed by atoms with Gasteiger partial charge in [0, 0.05) is 11.8 Å². The topological polar surface area (TPSA) is 42.0 Å². The second-order valence-electron chi connectivity index (χ2n) is 4.20. The minimum Gasteiger partial charge on any atom is -0.320 e. The number of pyridine rings is 1. The van der Waals surface area contributed by atoms with Crippen molar-refractivity contribution in [2.45, 2.75) is 0 Å². The Hall–Kier alpha value is -1.72. The van der Waals surface area contributed by atoms with Gasteiger partial charge in [-0.2, -0.15) is 0 Å². The first-order valence-electron chi connectivity index (χ1n) is 5.69. The summed E-state index contributed by atoms with van der Waals surface area (Å²) in [6.45, 7) is 0. The molecular weight excluding hydrogens is 347 g/mol. The Morgan fingerprint density at radius 1 is 1.40 bits per heavy atom. The highest BCUT2D eigenvalue weighted by Gasteiger charge is 2.26. The van der Waals surface area contributed by atoms with Crippen molar-refractivity contribution in [1.82, 2.24) is 4.98 Å². The minimum absolute atomic E-state index is 0.314. The van der Waals surface area contributed by atoms with E-state index in [4.69, 9.17) is 11.6 Å². The SMILES string of the molecule is O=C1Nc2cc(Cl)cnc2C1=Cc1cccc(Br)c1F. The third kappa shape index (κ3) is 2.23. The first-order chi connectivity index (χ1) is 9.56. The van der Waals surface area contributed by atoms with Gasteiger partial charge in [-0.25, -0.2) is 4.39 Å². The van der Waals surface area contributed by atoms with Crippen LogP contribution in [0.2, 0.25) is 5.02 Å².